The van der Waals surface area contributed by atoms with Crippen LogP contribution in [0.2, 0.25) is 0 Å². The van der Waals surface area contributed by atoms with Crippen molar-refractivity contribution >= 4 is 44.9 Å². The Morgan fingerprint density at radius 1 is 1.36 bits per heavy atom. The van der Waals surface area contributed by atoms with E-state index < -0.39 is 0 Å². The summed E-state index contributed by atoms with van der Waals surface area (Å²) in [5.74, 6) is -0.0590. The number of hydrogen-bond acceptors (Lipinski definition) is 6. The van der Waals surface area contributed by atoms with Crippen molar-refractivity contribution < 1.29 is 9.59 Å². The fourth-order valence-electron chi connectivity index (χ4n) is 2.86. The summed E-state index contributed by atoms with van der Waals surface area (Å²) in [7, 11) is 1.65. The number of rotatable bonds is 5. The van der Waals surface area contributed by atoms with Crippen molar-refractivity contribution in [3.05, 3.63) is 44.3 Å². The van der Waals surface area contributed by atoms with Crippen LogP contribution in [-0.2, 0) is 7.05 Å². The summed E-state index contributed by atoms with van der Waals surface area (Å²) in [6, 6.07) is 1.80. The number of fused-ring (bicyclic) bond motifs is 1. The topological polar surface area (TPSA) is 84.8 Å². The van der Waals surface area contributed by atoms with E-state index in [-0.39, 0.29) is 22.9 Å². The van der Waals surface area contributed by atoms with Crippen molar-refractivity contribution in [3.8, 4) is 0 Å². The van der Waals surface area contributed by atoms with Gasteiger partial charge in [0, 0.05) is 18.3 Å². The Kier molecular flexibility index (Phi) is 4.66. The maximum absolute atomic E-state index is 12.6. The second kappa shape index (κ2) is 6.61. The maximum Gasteiger partial charge on any atom is 0.271 e. The zero-order valence-electron chi connectivity index (χ0n) is 14.3. The van der Waals surface area contributed by atoms with E-state index in [9.17, 15) is 14.4 Å². The first kappa shape index (κ1) is 17.6. The number of nitrogens with one attached hydrogen (secondary N) is 1. The van der Waals surface area contributed by atoms with Crippen LogP contribution in [0.1, 0.15) is 39.0 Å². The number of aromatic amines is 1. The molecule has 0 bridgehead atoms. The van der Waals surface area contributed by atoms with Crippen molar-refractivity contribution in [2.75, 3.05) is 5.75 Å². The molecule has 0 saturated carbocycles. The van der Waals surface area contributed by atoms with Gasteiger partial charge in [0.05, 0.1) is 17.0 Å². The molecule has 130 valence electrons. The van der Waals surface area contributed by atoms with Crippen LogP contribution in [0.3, 0.4) is 0 Å². The van der Waals surface area contributed by atoms with Gasteiger partial charge in [-0.3, -0.25) is 19.0 Å². The van der Waals surface area contributed by atoms with E-state index in [4.69, 9.17) is 0 Å². The summed E-state index contributed by atoms with van der Waals surface area (Å²) in [5.41, 5.74) is 2.92. The second-order valence-electron chi connectivity index (χ2n) is 5.79. The molecule has 0 aromatic carbocycles. The lowest BCUT2D eigenvalue weighted by Gasteiger charge is -2.06. The van der Waals surface area contributed by atoms with Crippen LogP contribution in [-0.4, -0.2) is 31.9 Å². The molecule has 3 aromatic rings. The molecule has 0 aliphatic carbocycles. The Morgan fingerprint density at radius 2 is 2.08 bits per heavy atom. The Bertz CT molecular complexity index is 1060. The molecule has 0 unspecified atom stereocenters. The van der Waals surface area contributed by atoms with E-state index in [1.54, 1.807) is 27.0 Å². The summed E-state index contributed by atoms with van der Waals surface area (Å²) in [5, 5.41) is 2.32. The third kappa shape index (κ3) is 3.07. The van der Waals surface area contributed by atoms with Crippen molar-refractivity contribution in [3.63, 3.8) is 0 Å². The Hall–Kier alpha value is -2.19. The number of Topliss-reactive ketones (excluding diaryl/α,β-unsaturated/α-hetero) is 2. The fraction of sp³-hybridized carbons (Fsp3) is 0.294. The van der Waals surface area contributed by atoms with Gasteiger partial charge < -0.3 is 4.98 Å². The monoisotopic (exact) mass is 375 g/mol. The van der Waals surface area contributed by atoms with Gasteiger partial charge in [0.1, 0.15) is 4.70 Å². The van der Waals surface area contributed by atoms with Crippen LogP contribution < -0.4 is 5.56 Å². The summed E-state index contributed by atoms with van der Waals surface area (Å²) in [6.07, 6.45) is 0. The smallest absolute Gasteiger partial charge is 0.271 e. The van der Waals surface area contributed by atoms with Gasteiger partial charge in [-0.1, -0.05) is 11.8 Å². The van der Waals surface area contributed by atoms with E-state index in [1.807, 2.05) is 5.38 Å². The Morgan fingerprint density at radius 3 is 2.72 bits per heavy atom. The van der Waals surface area contributed by atoms with Gasteiger partial charge in [-0.25, -0.2) is 4.98 Å². The summed E-state index contributed by atoms with van der Waals surface area (Å²) >= 11 is 2.57. The minimum atomic E-state index is -0.127. The first-order chi connectivity index (χ1) is 11.8. The van der Waals surface area contributed by atoms with E-state index in [0.29, 0.717) is 37.9 Å². The molecule has 6 nitrogen and oxygen atoms in total. The van der Waals surface area contributed by atoms with Crippen molar-refractivity contribution in [1.82, 2.24) is 14.5 Å². The number of carbonyl (C=O) groups is 2. The quantitative estimate of drug-likeness (QED) is 0.421. The van der Waals surface area contributed by atoms with E-state index in [0.717, 1.165) is 0 Å². The van der Waals surface area contributed by atoms with Crippen LogP contribution in [0.15, 0.2) is 21.4 Å². The molecule has 3 rings (SSSR count). The van der Waals surface area contributed by atoms with Gasteiger partial charge in [0.2, 0.25) is 0 Å². The summed E-state index contributed by atoms with van der Waals surface area (Å²) in [6.45, 7) is 5.04. The molecule has 1 N–H and O–H groups in total. The third-order valence-electron chi connectivity index (χ3n) is 4.05. The lowest BCUT2D eigenvalue weighted by molar-refractivity contribution is 0.101. The molecule has 0 fully saturated rings. The molecule has 25 heavy (non-hydrogen) atoms. The average molecular weight is 375 g/mol. The summed E-state index contributed by atoms with van der Waals surface area (Å²) < 4.78 is 2.07. The number of thiophene rings is 1. The lowest BCUT2D eigenvalue weighted by Crippen LogP contribution is -2.19. The number of aromatic nitrogens is 3. The van der Waals surface area contributed by atoms with Crippen molar-refractivity contribution in [2.24, 2.45) is 7.05 Å². The predicted octanol–water partition coefficient (Wildman–Crippen LogP) is 3.12. The van der Waals surface area contributed by atoms with E-state index in [2.05, 4.69) is 9.97 Å². The van der Waals surface area contributed by atoms with Crippen LogP contribution >= 0.6 is 23.1 Å². The van der Waals surface area contributed by atoms with E-state index >= 15 is 0 Å². The predicted molar refractivity (Wildman–Crippen MR) is 100 cm³/mol. The van der Waals surface area contributed by atoms with Crippen molar-refractivity contribution in [2.45, 2.75) is 25.9 Å². The number of carbonyl (C=O) groups excluding carboxylic acids is 2. The molecule has 3 aromatic heterocycles. The number of nitrogens with zero attached hydrogens (tertiary/aromatic N) is 2. The molecule has 3 heterocycles. The third-order valence-corrected chi connectivity index (χ3v) is 5.97. The zero-order chi connectivity index (χ0) is 18.3. The normalized spacial score (nSPS) is 11.2. The van der Waals surface area contributed by atoms with Gasteiger partial charge in [-0.2, -0.15) is 0 Å². The van der Waals surface area contributed by atoms with Gasteiger partial charge in [-0.15, -0.1) is 11.3 Å². The van der Waals surface area contributed by atoms with Crippen LogP contribution in [0.5, 0.6) is 0 Å². The standard InChI is InChI=1S/C17H17N3O3S2/c1-8-13(10(3)21)9(2)18-14(8)12(22)7-25-17-19-11-5-6-24-15(11)16(23)20(17)4/h5-6,18H,7H2,1-4H3. The molecule has 8 heteroatoms. The van der Waals surface area contributed by atoms with Gasteiger partial charge in [0.25, 0.3) is 5.56 Å². The molecule has 0 atom stereocenters. The number of H-pyrrole nitrogens is 1. The van der Waals surface area contributed by atoms with Gasteiger partial charge in [-0.05, 0) is 37.8 Å². The highest BCUT2D eigenvalue weighted by molar-refractivity contribution is 7.99. The van der Waals surface area contributed by atoms with Crippen LogP contribution in [0.4, 0.5) is 0 Å². The number of aryl methyl sites for hydroxylation is 1. The highest BCUT2D eigenvalue weighted by Gasteiger charge is 2.20. The average Bonchev–Trinajstić information content (AvgIpc) is 3.13. The first-order valence-electron chi connectivity index (χ1n) is 7.61. The minimum Gasteiger partial charge on any atom is -0.355 e. The van der Waals surface area contributed by atoms with Crippen LogP contribution in [0.25, 0.3) is 10.2 Å². The van der Waals surface area contributed by atoms with E-state index in [1.165, 1.54) is 34.6 Å². The number of ketones is 2. The maximum atomic E-state index is 12.6. The largest absolute Gasteiger partial charge is 0.355 e. The molecule has 0 aliphatic rings. The molecular weight excluding hydrogens is 358 g/mol. The Balaban J connectivity index is 1.86. The molecule has 0 saturated heterocycles. The van der Waals surface area contributed by atoms with Crippen molar-refractivity contribution in [1.29, 1.82) is 0 Å². The number of thioether (sulfide) groups is 1. The van der Waals surface area contributed by atoms with Gasteiger partial charge >= 0.3 is 0 Å². The molecule has 0 spiro atoms. The Labute approximate surface area is 152 Å². The first-order valence-corrected chi connectivity index (χ1v) is 9.48. The molecule has 0 aliphatic heterocycles. The highest BCUT2D eigenvalue weighted by atomic mass is 32.2. The zero-order valence-corrected chi connectivity index (χ0v) is 15.9. The molecule has 0 amide bonds. The molecule has 0 radical (unpaired) electrons. The molecular formula is C17H17N3O3S2. The second-order valence-corrected chi connectivity index (χ2v) is 7.65. The SMILES string of the molecule is CC(=O)c1c(C)[nH]c(C(=O)CSc2nc3ccsc3c(=O)n2C)c1C. The summed E-state index contributed by atoms with van der Waals surface area (Å²) in [4.78, 5) is 44.0. The van der Waals surface area contributed by atoms with Gasteiger partial charge in [0.15, 0.2) is 16.7 Å². The lowest BCUT2D eigenvalue weighted by atomic mass is 10.1. The highest BCUT2D eigenvalue weighted by Crippen LogP contribution is 2.23. The fourth-order valence-corrected chi connectivity index (χ4v) is 4.51. The minimum absolute atomic E-state index is 0.0649. The van der Waals surface area contributed by atoms with Crippen LogP contribution in [0, 0.1) is 13.8 Å². The number of hydrogen-bond donors (Lipinski definition) is 1.